The predicted octanol–water partition coefficient (Wildman–Crippen LogP) is 4.31. The van der Waals surface area contributed by atoms with E-state index >= 15 is 0 Å². The molecule has 28 heavy (non-hydrogen) atoms. The number of thiazole rings is 1. The summed E-state index contributed by atoms with van der Waals surface area (Å²) in [7, 11) is 0. The number of benzene rings is 1. The fourth-order valence-electron chi connectivity index (χ4n) is 3.15. The van der Waals surface area contributed by atoms with E-state index < -0.39 is 17.0 Å². The SMILES string of the molecule is CC(C)(C)C(=O)N1CCC(C(=O)Nc2nc(-c3ccc(F)c(F)c3)cs2)CC1. The molecule has 0 bridgehead atoms. The molecule has 1 aliphatic heterocycles. The van der Waals surface area contributed by atoms with Crippen LogP contribution in [0.4, 0.5) is 13.9 Å². The summed E-state index contributed by atoms with van der Waals surface area (Å²) in [6.07, 6.45) is 1.21. The van der Waals surface area contributed by atoms with Crippen LogP contribution < -0.4 is 5.32 Å². The van der Waals surface area contributed by atoms with Gasteiger partial charge in [-0.25, -0.2) is 13.8 Å². The number of carbonyl (C=O) groups is 2. The third-order valence-electron chi connectivity index (χ3n) is 4.74. The molecule has 1 aliphatic rings. The Balaban J connectivity index is 1.58. The lowest BCUT2D eigenvalue weighted by Gasteiger charge is -2.35. The summed E-state index contributed by atoms with van der Waals surface area (Å²) in [6, 6.07) is 3.58. The molecule has 0 radical (unpaired) electrons. The maximum absolute atomic E-state index is 13.4. The Bertz CT molecular complexity index is 884. The van der Waals surface area contributed by atoms with E-state index in [2.05, 4.69) is 10.3 Å². The van der Waals surface area contributed by atoms with Crippen LogP contribution in [0.25, 0.3) is 11.3 Å². The van der Waals surface area contributed by atoms with Crippen LogP contribution in [0.3, 0.4) is 0 Å². The predicted molar refractivity (Wildman–Crippen MR) is 105 cm³/mol. The molecule has 1 fully saturated rings. The van der Waals surface area contributed by atoms with E-state index in [0.29, 0.717) is 42.3 Å². The minimum atomic E-state index is -0.937. The Labute approximate surface area is 166 Å². The summed E-state index contributed by atoms with van der Waals surface area (Å²) in [6.45, 7) is 6.79. The minimum Gasteiger partial charge on any atom is -0.342 e. The molecule has 2 amide bonds. The first-order chi connectivity index (χ1) is 13.1. The topological polar surface area (TPSA) is 62.3 Å². The summed E-state index contributed by atoms with van der Waals surface area (Å²) < 4.78 is 26.5. The molecule has 1 N–H and O–H groups in total. The molecular formula is C20H23F2N3O2S. The second-order valence-electron chi connectivity index (χ2n) is 7.97. The number of hydrogen-bond donors (Lipinski definition) is 1. The number of amides is 2. The van der Waals surface area contributed by atoms with Crippen molar-refractivity contribution in [1.29, 1.82) is 0 Å². The van der Waals surface area contributed by atoms with Crippen molar-refractivity contribution in [3.05, 3.63) is 35.2 Å². The number of likely N-dealkylation sites (tertiary alicyclic amines) is 1. The zero-order chi connectivity index (χ0) is 20.5. The molecule has 0 saturated carbocycles. The van der Waals surface area contributed by atoms with E-state index in [-0.39, 0.29) is 17.7 Å². The van der Waals surface area contributed by atoms with E-state index in [1.165, 1.54) is 17.4 Å². The number of anilines is 1. The molecule has 2 aromatic rings. The number of hydrogen-bond acceptors (Lipinski definition) is 4. The summed E-state index contributed by atoms with van der Waals surface area (Å²) in [5, 5.41) is 4.90. The van der Waals surface area contributed by atoms with Crippen molar-refractivity contribution >= 4 is 28.3 Å². The number of piperidine rings is 1. The molecule has 8 heteroatoms. The Morgan fingerprint density at radius 2 is 1.86 bits per heavy atom. The van der Waals surface area contributed by atoms with Gasteiger partial charge in [-0.05, 0) is 31.0 Å². The van der Waals surface area contributed by atoms with Gasteiger partial charge in [0.25, 0.3) is 0 Å². The fourth-order valence-corrected chi connectivity index (χ4v) is 3.87. The highest BCUT2D eigenvalue weighted by atomic mass is 32.1. The summed E-state index contributed by atoms with van der Waals surface area (Å²) in [5.74, 6) is -2.06. The molecule has 0 aliphatic carbocycles. The highest BCUT2D eigenvalue weighted by molar-refractivity contribution is 7.14. The van der Waals surface area contributed by atoms with Crippen LogP contribution in [-0.2, 0) is 9.59 Å². The average molecular weight is 407 g/mol. The van der Waals surface area contributed by atoms with Crippen molar-refractivity contribution < 1.29 is 18.4 Å². The number of aromatic nitrogens is 1. The Morgan fingerprint density at radius 1 is 1.18 bits per heavy atom. The second kappa shape index (κ2) is 7.95. The lowest BCUT2D eigenvalue weighted by molar-refractivity contribution is -0.142. The smallest absolute Gasteiger partial charge is 0.229 e. The van der Waals surface area contributed by atoms with E-state index in [1.54, 1.807) is 5.38 Å². The molecular weight excluding hydrogens is 384 g/mol. The van der Waals surface area contributed by atoms with Crippen LogP contribution in [0, 0.1) is 23.0 Å². The fraction of sp³-hybridized carbons (Fsp3) is 0.450. The van der Waals surface area contributed by atoms with Gasteiger partial charge in [-0.15, -0.1) is 11.3 Å². The van der Waals surface area contributed by atoms with Crippen LogP contribution >= 0.6 is 11.3 Å². The quantitative estimate of drug-likeness (QED) is 0.825. The highest BCUT2D eigenvalue weighted by Crippen LogP contribution is 2.28. The van der Waals surface area contributed by atoms with E-state index in [9.17, 15) is 18.4 Å². The van der Waals surface area contributed by atoms with Gasteiger partial charge in [0, 0.05) is 35.4 Å². The average Bonchev–Trinajstić information content (AvgIpc) is 3.11. The molecule has 1 aromatic heterocycles. The van der Waals surface area contributed by atoms with Crippen molar-refractivity contribution in [1.82, 2.24) is 9.88 Å². The summed E-state index contributed by atoms with van der Waals surface area (Å²) >= 11 is 1.23. The molecule has 1 saturated heterocycles. The molecule has 0 unspecified atom stereocenters. The largest absolute Gasteiger partial charge is 0.342 e. The van der Waals surface area contributed by atoms with Crippen molar-refractivity contribution in [2.24, 2.45) is 11.3 Å². The molecule has 5 nitrogen and oxygen atoms in total. The molecule has 150 valence electrons. The Morgan fingerprint density at radius 3 is 2.46 bits per heavy atom. The number of halogens is 2. The van der Waals surface area contributed by atoms with Gasteiger partial charge in [-0.2, -0.15) is 0 Å². The van der Waals surface area contributed by atoms with Gasteiger partial charge < -0.3 is 10.2 Å². The first-order valence-electron chi connectivity index (χ1n) is 9.16. The third kappa shape index (κ3) is 4.55. The van der Waals surface area contributed by atoms with Gasteiger partial charge in [-0.1, -0.05) is 20.8 Å². The molecule has 0 atom stereocenters. The monoisotopic (exact) mass is 407 g/mol. The molecule has 1 aromatic carbocycles. The number of nitrogens with one attached hydrogen (secondary N) is 1. The zero-order valence-electron chi connectivity index (χ0n) is 16.1. The Hall–Kier alpha value is -2.35. The number of carbonyl (C=O) groups excluding carboxylic acids is 2. The van der Waals surface area contributed by atoms with Crippen molar-refractivity contribution in [3.8, 4) is 11.3 Å². The van der Waals surface area contributed by atoms with Crippen LogP contribution in [-0.4, -0.2) is 34.8 Å². The lowest BCUT2D eigenvalue weighted by atomic mass is 9.91. The number of nitrogens with zero attached hydrogens (tertiary/aromatic N) is 2. The molecule has 3 rings (SSSR count). The van der Waals surface area contributed by atoms with Crippen LogP contribution in [0.1, 0.15) is 33.6 Å². The normalized spacial score (nSPS) is 15.5. The van der Waals surface area contributed by atoms with Crippen LogP contribution in [0.5, 0.6) is 0 Å². The lowest BCUT2D eigenvalue weighted by Crippen LogP contribution is -2.45. The maximum atomic E-state index is 13.4. The maximum Gasteiger partial charge on any atom is 0.229 e. The third-order valence-corrected chi connectivity index (χ3v) is 5.50. The first kappa shape index (κ1) is 20.4. The van der Waals surface area contributed by atoms with Gasteiger partial charge in [0.05, 0.1) is 5.69 Å². The second-order valence-corrected chi connectivity index (χ2v) is 8.83. The standard InChI is InChI=1S/C20H23F2N3O2S/c1-20(2,3)18(27)25-8-6-12(7-9-25)17(26)24-19-23-16(11-28-19)13-4-5-14(21)15(22)10-13/h4-5,10-12H,6-9H2,1-3H3,(H,23,24,26). The van der Waals surface area contributed by atoms with Gasteiger partial charge >= 0.3 is 0 Å². The molecule has 0 spiro atoms. The van der Waals surface area contributed by atoms with Crippen LogP contribution in [0.2, 0.25) is 0 Å². The van der Waals surface area contributed by atoms with Gasteiger partial charge in [0.15, 0.2) is 16.8 Å². The van der Waals surface area contributed by atoms with Crippen LogP contribution in [0.15, 0.2) is 23.6 Å². The van der Waals surface area contributed by atoms with Crippen molar-refractivity contribution in [3.63, 3.8) is 0 Å². The van der Waals surface area contributed by atoms with Crippen molar-refractivity contribution in [2.75, 3.05) is 18.4 Å². The summed E-state index contributed by atoms with van der Waals surface area (Å²) in [4.78, 5) is 31.0. The minimum absolute atomic E-state index is 0.0995. The zero-order valence-corrected chi connectivity index (χ0v) is 16.9. The van der Waals surface area contributed by atoms with Gasteiger partial charge in [-0.3, -0.25) is 9.59 Å². The van der Waals surface area contributed by atoms with Gasteiger partial charge in [0.2, 0.25) is 11.8 Å². The van der Waals surface area contributed by atoms with E-state index in [4.69, 9.17) is 0 Å². The summed E-state index contributed by atoms with van der Waals surface area (Å²) in [5.41, 5.74) is 0.501. The highest BCUT2D eigenvalue weighted by Gasteiger charge is 2.32. The number of rotatable bonds is 3. The van der Waals surface area contributed by atoms with Gasteiger partial charge in [0.1, 0.15) is 0 Å². The Kier molecular flexibility index (Phi) is 5.79. The first-order valence-corrected chi connectivity index (χ1v) is 10.0. The van der Waals surface area contributed by atoms with Crippen molar-refractivity contribution in [2.45, 2.75) is 33.6 Å². The van der Waals surface area contributed by atoms with E-state index in [0.717, 1.165) is 12.1 Å². The van der Waals surface area contributed by atoms with E-state index in [1.807, 2.05) is 25.7 Å². The molecule has 2 heterocycles.